The van der Waals surface area contributed by atoms with E-state index >= 15 is 0 Å². The molecule has 2 aliphatic rings. The molecule has 0 spiro atoms. The average molecular weight is 239 g/mol. The number of ether oxygens (including phenoxy) is 1. The molecule has 1 N–H and O–H groups in total. The summed E-state index contributed by atoms with van der Waals surface area (Å²) in [6, 6.07) is 0.505. The molecule has 2 saturated carbocycles. The van der Waals surface area contributed by atoms with Crippen molar-refractivity contribution in [2.45, 2.75) is 70.4 Å². The third-order valence-corrected chi connectivity index (χ3v) is 4.18. The SMILES string of the molecule is CCOC(=O)C(NC1CCCCC1)C1CCC1. The molecular formula is C14H25NO2. The molecule has 0 aliphatic heterocycles. The molecule has 0 amide bonds. The maximum absolute atomic E-state index is 12.0. The van der Waals surface area contributed by atoms with Gasteiger partial charge in [0, 0.05) is 6.04 Å². The van der Waals surface area contributed by atoms with E-state index in [0.29, 0.717) is 18.6 Å². The van der Waals surface area contributed by atoms with Gasteiger partial charge in [0.05, 0.1) is 6.61 Å². The fourth-order valence-electron chi connectivity index (χ4n) is 2.92. The van der Waals surface area contributed by atoms with E-state index in [-0.39, 0.29) is 12.0 Å². The molecule has 3 heteroatoms. The van der Waals surface area contributed by atoms with Crippen LogP contribution >= 0.6 is 0 Å². The highest BCUT2D eigenvalue weighted by Crippen LogP contribution is 2.31. The van der Waals surface area contributed by atoms with Crippen molar-refractivity contribution >= 4 is 5.97 Å². The van der Waals surface area contributed by atoms with Crippen molar-refractivity contribution in [3.63, 3.8) is 0 Å². The van der Waals surface area contributed by atoms with Crippen LogP contribution in [-0.2, 0) is 9.53 Å². The lowest BCUT2D eigenvalue weighted by molar-refractivity contribution is -0.148. The summed E-state index contributed by atoms with van der Waals surface area (Å²) in [5.41, 5.74) is 0. The lowest BCUT2D eigenvalue weighted by Crippen LogP contribution is -2.50. The van der Waals surface area contributed by atoms with E-state index in [0.717, 1.165) is 0 Å². The summed E-state index contributed by atoms with van der Waals surface area (Å²) in [6.07, 6.45) is 10.0. The Morgan fingerprint density at radius 1 is 1.18 bits per heavy atom. The normalized spacial score (nSPS) is 24.1. The molecule has 0 aromatic carbocycles. The first-order chi connectivity index (χ1) is 8.31. The molecule has 2 fully saturated rings. The fourth-order valence-corrected chi connectivity index (χ4v) is 2.92. The number of carbonyl (C=O) groups is 1. The van der Waals surface area contributed by atoms with Crippen LogP contribution in [-0.4, -0.2) is 24.7 Å². The van der Waals surface area contributed by atoms with Crippen LogP contribution in [0.5, 0.6) is 0 Å². The van der Waals surface area contributed by atoms with E-state index in [2.05, 4.69) is 5.32 Å². The van der Waals surface area contributed by atoms with Gasteiger partial charge in [-0.15, -0.1) is 0 Å². The molecule has 98 valence electrons. The summed E-state index contributed by atoms with van der Waals surface area (Å²) in [6.45, 7) is 2.38. The zero-order chi connectivity index (χ0) is 12.1. The summed E-state index contributed by atoms with van der Waals surface area (Å²) < 4.78 is 5.20. The van der Waals surface area contributed by atoms with Crippen molar-refractivity contribution in [1.29, 1.82) is 0 Å². The third-order valence-electron chi connectivity index (χ3n) is 4.18. The second-order valence-electron chi connectivity index (χ2n) is 5.42. The van der Waals surface area contributed by atoms with Gasteiger partial charge in [0.25, 0.3) is 0 Å². The predicted molar refractivity (Wildman–Crippen MR) is 67.8 cm³/mol. The summed E-state index contributed by atoms with van der Waals surface area (Å²) >= 11 is 0. The standard InChI is InChI=1S/C14H25NO2/c1-2-17-14(16)13(11-7-6-8-11)15-12-9-4-3-5-10-12/h11-13,15H,2-10H2,1H3. The first-order valence-corrected chi connectivity index (χ1v) is 7.24. The second kappa shape index (κ2) is 6.39. The van der Waals surface area contributed by atoms with Crippen molar-refractivity contribution in [2.24, 2.45) is 5.92 Å². The van der Waals surface area contributed by atoms with Gasteiger partial charge in [-0.2, -0.15) is 0 Å². The monoisotopic (exact) mass is 239 g/mol. The van der Waals surface area contributed by atoms with Crippen LogP contribution < -0.4 is 5.32 Å². The van der Waals surface area contributed by atoms with Crippen LogP contribution in [0, 0.1) is 5.92 Å². The van der Waals surface area contributed by atoms with Gasteiger partial charge in [0.1, 0.15) is 6.04 Å². The maximum atomic E-state index is 12.0. The number of nitrogens with one attached hydrogen (secondary N) is 1. The molecule has 0 bridgehead atoms. The molecule has 0 radical (unpaired) electrons. The summed E-state index contributed by atoms with van der Waals surface area (Å²) in [5, 5.41) is 3.57. The highest BCUT2D eigenvalue weighted by atomic mass is 16.5. The van der Waals surface area contributed by atoms with Gasteiger partial charge >= 0.3 is 5.97 Å². The molecule has 0 saturated heterocycles. The predicted octanol–water partition coefficient (Wildman–Crippen LogP) is 2.64. The molecule has 1 unspecified atom stereocenters. The van der Waals surface area contributed by atoms with Gasteiger partial charge in [0.2, 0.25) is 0 Å². The summed E-state index contributed by atoms with van der Waals surface area (Å²) in [5.74, 6) is 0.499. The van der Waals surface area contributed by atoms with Gasteiger partial charge < -0.3 is 10.1 Å². The van der Waals surface area contributed by atoms with Gasteiger partial charge in [-0.05, 0) is 38.5 Å². The van der Waals surface area contributed by atoms with Crippen LogP contribution in [0.1, 0.15) is 58.3 Å². The summed E-state index contributed by atoms with van der Waals surface area (Å²) in [4.78, 5) is 12.0. The fraction of sp³-hybridized carbons (Fsp3) is 0.929. The quantitative estimate of drug-likeness (QED) is 0.750. The molecule has 17 heavy (non-hydrogen) atoms. The topological polar surface area (TPSA) is 38.3 Å². The van der Waals surface area contributed by atoms with E-state index in [1.807, 2.05) is 6.92 Å². The lowest BCUT2D eigenvalue weighted by atomic mass is 9.79. The van der Waals surface area contributed by atoms with Crippen molar-refractivity contribution in [2.75, 3.05) is 6.61 Å². The van der Waals surface area contributed by atoms with Crippen LogP contribution in [0.3, 0.4) is 0 Å². The lowest BCUT2D eigenvalue weighted by Gasteiger charge is -2.36. The Balaban J connectivity index is 1.87. The Morgan fingerprint density at radius 2 is 1.88 bits per heavy atom. The molecule has 3 nitrogen and oxygen atoms in total. The highest BCUT2D eigenvalue weighted by molar-refractivity contribution is 5.76. The first-order valence-electron chi connectivity index (χ1n) is 7.24. The number of hydrogen-bond donors (Lipinski definition) is 1. The van der Waals surface area contributed by atoms with E-state index in [1.54, 1.807) is 0 Å². The van der Waals surface area contributed by atoms with Gasteiger partial charge in [-0.25, -0.2) is 0 Å². The largest absolute Gasteiger partial charge is 0.465 e. The molecule has 1 atom stereocenters. The second-order valence-corrected chi connectivity index (χ2v) is 5.42. The maximum Gasteiger partial charge on any atom is 0.323 e. The number of hydrogen-bond acceptors (Lipinski definition) is 3. The van der Waals surface area contributed by atoms with E-state index < -0.39 is 0 Å². The highest BCUT2D eigenvalue weighted by Gasteiger charge is 2.35. The van der Waals surface area contributed by atoms with E-state index in [4.69, 9.17) is 4.74 Å². The Hall–Kier alpha value is -0.570. The molecule has 0 heterocycles. The molecular weight excluding hydrogens is 214 g/mol. The van der Waals surface area contributed by atoms with Gasteiger partial charge in [0.15, 0.2) is 0 Å². The minimum absolute atomic E-state index is 0.0252. The van der Waals surface area contributed by atoms with Crippen LogP contribution in [0.4, 0.5) is 0 Å². The molecule has 2 rings (SSSR count). The van der Waals surface area contributed by atoms with Crippen LogP contribution in [0.2, 0.25) is 0 Å². The van der Waals surface area contributed by atoms with Gasteiger partial charge in [-0.1, -0.05) is 25.7 Å². The molecule has 2 aliphatic carbocycles. The Bertz CT molecular complexity index is 245. The minimum atomic E-state index is -0.0354. The van der Waals surface area contributed by atoms with Crippen molar-refractivity contribution in [1.82, 2.24) is 5.32 Å². The zero-order valence-corrected chi connectivity index (χ0v) is 10.9. The van der Waals surface area contributed by atoms with Gasteiger partial charge in [-0.3, -0.25) is 4.79 Å². The number of carbonyl (C=O) groups excluding carboxylic acids is 1. The smallest absolute Gasteiger partial charge is 0.323 e. The minimum Gasteiger partial charge on any atom is -0.465 e. The number of rotatable bonds is 5. The van der Waals surface area contributed by atoms with E-state index in [1.165, 1.54) is 51.4 Å². The Labute approximate surface area is 104 Å². The van der Waals surface area contributed by atoms with Crippen LogP contribution in [0.25, 0.3) is 0 Å². The zero-order valence-electron chi connectivity index (χ0n) is 10.9. The van der Waals surface area contributed by atoms with Crippen LogP contribution in [0.15, 0.2) is 0 Å². The molecule has 0 aromatic heterocycles. The number of esters is 1. The molecule has 0 aromatic rings. The first kappa shape index (κ1) is 12.9. The Morgan fingerprint density at radius 3 is 2.41 bits per heavy atom. The average Bonchev–Trinajstić information content (AvgIpc) is 2.27. The van der Waals surface area contributed by atoms with Crippen molar-refractivity contribution in [3.05, 3.63) is 0 Å². The third kappa shape index (κ3) is 3.44. The van der Waals surface area contributed by atoms with E-state index in [9.17, 15) is 4.79 Å². The van der Waals surface area contributed by atoms with Crippen molar-refractivity contribution in [3.8, 4) is 0 Å². The summed E-state index contributed by atoms with van der Waals surface area (Å²) in [7, 11) is 0. The van der Waals surface area contributed by atoms with Crippen molar-refractivity contribution < 1.29 is 9.53 Å². The Kier molecular flexibility index (Phi) is 4.84.